The van der Waals surface area contributed by atoms with Crippen molar-refractivity contribution >= 4 is 0 Å². The zero-order chi connectivity index (χ0) is 19.9. The molecule has 1 rings (SSSR count). The second-order valence-corrected chi connectivity index (χ2v) is 7.07. The Bertz CT molecular complexity index is 598. The lowest BCUT2D eigenvalue weighted by Crippen LogP contribution is -2.41. The maximum atomic E-state index is 6.27. The summed E-state index contributed by atoms with van der Waals surface area (Å²) >= 11 is 0. The average Bonchev–Trinajstić information content (AvgIpc) is 2.62. The van der Waals surface area contributed by atoms with Crippen molar-refractivity contribution in [2.45, 2.75) is 78.8 Å². The first kappa shape index (κ1) is 23.4. The molecule has 1 aliphatic rings. The Labute approximate surface area is 167 Å². The molecule has 27 heavy (non-hydrogen) atoms. The average molecular weight is 369 g/mol. The first-order chi connectivity index (χ1) is 13.2. The van der Waals surface area contributed by atoms with Crippen LogP contribution in [0.4, 0.5) is 0 Å². The van der Waals surface area contributed by atoms with E-state index in [1.165, 1.54) is 16.7 Å². The van der Waals surface area contributed by atoms with Crippen molar-refractivity contribution < 1.29 is 0 Å². The Morgan fingerprint density at radius 3 is 2.56 bits per heavy atom. The molecule has 0 aromatic carbocycles. The highest BCUT2D eigenvalue weighted by molar-refractivity contribution is 5.45. The third-order valence-corrected chi connectivity index (χ3v) is 4.97. The monoisotopic (exact) mass is 368 g/mol. The van der Waals surface area contributed by atoms with Crippen molar-refractivity contribution in [3.8, 4) is 0 Å². The highest BCUT2D eigenvalue weighted by atomic mass is 15.2. The van der Waals surface area contributed by atoms with Crippen LogP contribution in [0.2, 0.25) is 0 Å². The second-order valence-electron chi connectivity index (χ2n) is 7.07. The molecule has 0 fully saturated rings. The standard InChI is InChI=1S/C25H40N2/c1-5-9-10-11-20-24(23-18-14-19-23)22(15-6-2)17-12-13-21-27(8-4)25(26)16-7-3/h6,9-10,12-15,25H,5,7-8,11,16-18,20-21,26H2,1-4H3/b10-9-,13-12-,15-6-,24-22+. The summed E-state index contributed by atoms with van der Waals surface area (Å²) in [7, 11) is 0. The summed E-state index contributed by atoms with van der Waals surface area (Å²) in [5.74, 6) is 0. The van der Waals surface area contributed by atoms with Gasteiger partial charge in [-0.15, -0.1) is 5.73 Å². The van der Waals surface area contributed by atoms with E-state index in [0.717, 1.165) is 58.0 Å². The van der Waals surface area contributed by atoms with E-state index in [9.17, 15) is 0 Å². The Hall–Kier alpha value is -1.60. The van der Waals surface area contributed by atoms with Gasteiger partial charge in [0, 0.05) is 18.5 Å². The van der Waals surface area contributed by atoms with Gasteiger partial charge < -0.3 is 5.73 Å². The van der Waals surface area contributed by atoms with Gasteiger partial charge in [-0.1, -0.05) is 63.6 Å². The molecule has 0 aliphatic heterocycles. The van der Waals surface area contributed by atoms with E-state index < -0.39 is 0 Å². The van der Waals surface area contributed by atoms with Crippen molar-refractivity contribution in [2.75, 3.05) is 13.1 Å². The van der Waals surface area contributed by atoms with E-state index in [2.05, 4.69) is 80.9 Å². The van der Waals surface area contributed by atoms with Gasteiger partial charge in [0.05, 0.1) is 6.17 Å². The quantitative estimate of drug-likeness (QED) is 0.165. The normalized spacial score (nSPS) is 16.4. The van der Waals surface area contributed by atoms with Crippen LogP contribution in [0.25, 0.3) is 0 Å². The number of nitrogens with two attached hydrogens (primary N) is 1. The van der Waals surface area contributed by atoms with Crippen LogP contribution in [0.1, 0.15) is 72.6 Å². The molecule has 2 N–H and O–H groups in total. The van der Waals surface area contributed by atoms with Gasteiger partial charge in [0.15, 0.2) is 0 Å². The molecule has 2 heteroatoms. The van der Waals surface area contributed by atoms with Crippen LogP contribution in [0.3, 0.4) is 0 Å². The molecule has 0 spiro atoms. The van der Waals surface area contributed by atoms with Gasteiger partial charge in [-0.2, -0.15) is 0 Å². The first-order valence-electron chi connectivity index (χ1n) is 10.8. The molecular formula is C25H40N2. The molecule has 0 aromatic rings. The van der Waals surface area contributed by atoms with E-state index in [-0.39, 0.29) is 6.17 Å². The molecule has 0 aromatic heterocycles. The van der Waals surface area contributed by atoms with E-state index in [1.807, 2.05) is 0 Å². The molecule has 0 radical (unpaired) electrons. The van der Waals surface area contributed by atoms with Crippen LogP contribution in [0.15, 0.2) is 65.0 Å². The largest absolute Gasteiger partial charge is 0.316 e. The predicted molar refractivity (Wildman–Crippen MR) is 121 cm³/mol. The Kier molecular flexibility index (Phi) is 12.6. The van der Waals surface area contributed by atoms with Crippen molar-refractivity contribution in [1.29, 1.82) is 0 Å². The summed E-state index contributed by atoms with van der Waals surface area (Å²) < 4.78 is 0. The van der Waals surface area contributed by atoms with Gasteiger partial charge >= 0.3 is 0 Å². The topological polar surface area (TPSA) is 29.3 Å². The number of allylic oxidation sites excluding steroid dienone is 8. The molecule has 150 valence electrons. The summed E-state index contributed by atoms with van der Waals surface area (Å²) in [4.78, 5) is 2.34. The molecule has 2 nitrogen and oxygen atoms in total. The van der Waals surface area contributed by atoms with Crippen LogP contribution < -0.4 is 5.73 Å². The van der Waals surface area contributed by atoms with Crippen molar-refractivity contribution in [2.24, 2.45) is 5.73 Å². The smallest absolute Gasteiger partial charge is 0.0574 e. The van der Waals surface area contributed by atoms with Crippen molar-refractivity contribution in [3.63, 3.8) is 0 Å². The maximum absolute atomic E-state index is 6.27. The van der Waals surface area contributed by atoms with E-state index in [0.29, 0.717) is 0 Å². The summed E-state index contributed by atoms with van der Waals surface area (Å²) in [6.07, 6.45) is 23.4. The van der Waals surface area contributed by atoms with Crippen LogP contribution in [-0.4, -0.2) is 24.2 Å². The summed E-state index contributed by atoms with van der Waals surface area (Å²) in [5, 5.41) is 0. The molecule has 0 amide bonds. The third-order valence-electron chi connectivity index (χ3n) is 4.97. The van der Waals surface area contributed by atoms with Crippen molar-refractivity contribution in [1.82, 2.24) is 4.90 Å². The highest BCUT2D eigenvalue weighted by Gasteiger charge is 2.12. The van der Waals surface area contributed by atoms with Gasteiger partial charge in [0.25, 0.3) is 0 Å². The molecule has 1 atom stereocenters. The number of hydrogen-bond donors (Lipinski definition) is 1. The highest BCUT2D eigenvalue weighted by Crippen LogP contribution is 2.29. The van der Waals surface area contributed by atoms with E-state index in [1.54, 1.807) is 0 Å². The molecule has 1 unspecified atom stereocenters. The summed E-state index contributed by atoms with van der Waals surface area (Å²) in [6.45, 7) is 10.6. The fourth-order valence-electron chi connectivity index (χ4n) is 3.32. The van der Waals surface area contributed by atoms with Crippen LogP contribution in [0, 0.1) is 0 Å². The molecule has 0 bridgehead atoms. The number of likely N-dealkylation sites (N-methyl/N-ethyl adjacent to an activating group) is 1. The minimum Gasteiger partial charge on any atom is -0.316 e. The number of rotatable bonds is 14. The SMILES string of the molecule is C/C=C\C(C/C=C\CN(CC)C(N)CCC)=C(\CC/C=C\CC)C1=C=CC1. The zero-order valence-corrected chi connectivity index (χ0v) is 18.0. The van der Waals surface area contributed by atoms with Crippen LogP contribution in [-0.2, 0) is 0 Å². The Morgan fingerprint density at radius 2 is 2.00 bits per heavy atom. The first-order valence-corrected chi connectivity index (χ1v) is 10.8. The lowest BCUT2D eigenvalue weighted by atomic mass is 9.88. The van der Waals surface area contributed by atoms with Gasteiger partial charge in [-0.3, -0.25) is 4.90 Å². The molecule has 0 saturated heterocycles. The molecule has 0 saturated carbocycles. The summed E-state index contributed by atoms with van der Waals surface area (Å²) in [5.41, 5.74) is 14.0. The van der Waals surface area contributed by atoms with Gasteiger partial charge in [-0.25, -0.2) is 0 Å². The zero-order valence-electron chi connectivity index (χ0n) is 18.0. The van der Waals surface area contributed by atoms with E-state index >= 15 is 0 Å². The number of nitrogens with zero attached hydrogens (tertiary/aromatic N) is 1. The van der Waals surface area contributed by atoms with Gasteiger partial charge in [0.2, 0.25) is 0 Å². The lowest BCUT2D eigenvalue weighted by molar-refractivity contribution is 0.220. The molecule has 0 heterocycles. The Morgan fingerprint density at radius 1 is 1.22 bits per heavy atom. The summed E-state index contributed by atoms with van der Waals surface area (Å²) in [6, 6.07) is 0. The van der Waals surface area contributed by atoms with Gasteiger partial charge in [-0.05, 0) is 62.8 Å². The maximum Gasteiger partial charge on any atom is 0.0574 e. The third kappa shape index (κ3) is 8.75. The fraction of sp³-hybridized carbons (Fsp3) is 0.560. The van der Waals surface area contributed by atoms with Gasteiger partial charge in [0.1, 0.15) is 0 Å². The van der Waals surface area contributed by atoms with Crippen LogP contribution in [0.5, 0.6) is 0 Å². The Balaban J connectivity index is 2.80. The second kappa shape index (κ2) is 14.5. The lowest BCUT2D eigenvalue weighted by Gasteiger charge is -2.25. The minimum absolute atomic E-state index is 0.168. The molecular weight excluding hydrogens is 328 g/mol. The number of hydrogen-bond acceptors (Lipinski definition) is 2. The van der Waals surface area contributed by atoms with Crippen molar-refractivity contribution in [3.05, 3.63) is 65.0 Å². The fourth-order valence-corrected chi connectivity index (χ4v) is 3.32. The minimum atomic E-state index is 0.168. The van der Waals surface area contributed by atoms with Crippen LogP contribution >= 0.6 is 0 Å². The predicted octanol–water partition coefficient (Wildman–Crippen LogP) is 6.44. The molecule has 1 aliphatic carbocycles. The van der Waals surface area contributed by atoms with E-state index in [4.69, 9.17) is 5.73 Å².